The smallest absolute Gasteiger partial charge is 0.0897 e. The first-order valence-corrected chi connectivity index (χ1v) is 7.27. The quantitative estimate of drug-likeness (QED) is 0.576. The molecule has 0 radical (unpaired) electrons. The van der Waals surface area contributed by atoms with E-state index in [9.17, 15) is 5.11 Å². The fourth-order valence-electron chi connectivity index (χ4n) is 1.70. The van der Waals surface area contributed by atoms with Crippen LogP contribution < -0.4 is 5.32 Å². The highest BCUT2D eigenvalue weighted by Gasteiger charge is 2.08. The average Bonchev–Trinajstić information content (AvgIpc) is 2.33. The minimum atomic E-state index is -0.482. The fourth-order valence-corrected chi connectivity index (χ4v) is 1.80. The maximum absolute atomic E-state index is 9.66. The van der Waals surface area contributed by atoms with Crippen LogP contribution in [0.15, 0.2) is 11.6 Å². The first kappa shape index (κ1) is 17.9. The van der Waals surface area contributed by atoms with Crippen LogP contribution in [0.2, 0.25) is 0 Å². The summed E-state index contributed by atoms with van der Waals surface area (Å²) in [6.45, 7) is 10.1. The van der Waals surface area contributed by atoms with Gasteiger partial charge in [-0.3, -0.25) is 0 Å². The monoisotopic (exact) mass is 277 g/mol. The van der Waals surface area contributed by atoms with Gasteiger partial charge in [0.1, 0.15) is 0 Å². The molecular formula is C14H28ClNO2. The lowest BCUT2D eigenvalue weighted by atomic mass is 10.0. The van der Waals surface area contributed by atoms with Crippen molar-refractivity contribution in [2.24, 2.45) is 5.92 Å². The second-order valence-corrected chi connectivity index (χ2v) is 5.29. The Bertz CT molecular complexity index is 212. The summed E-state index contributed by atoms with van der Waals surface area (Å²) in [5, 5.41) is 13.2. The molecule has 0 aromatic heterocycles. The van der Waals surface area contributed by atoms with Gasteiger partial charge in [-0.25, -0.2) is 0 Å². The van der Waals surface area contributed by atoms with Crippen LogP contribution >= 0.6 is 11.6 Å². The number of rotatable bonds is 12. The molecule has 0 aromatic carbocycles. The first-order valence-electron chi connectivity index (χ1n) is 6.89. The van der Waals surface area contributed by atoms with Crippen molar-refractivity contribution in [1.29, 1.82) is 0 Å². The van der Waals surface area contributed by atoms with Crippen molar-refractivity contribution in [2.75, 3.05) is 26.3 Å². The molecule has 0 aromatic rings. The van der Waals surface area contributed by atoms with Crippen LogP contribution in [0.3, 0.4) is 0 Å². The summed E-state index contributed by atoms with van der Waals surface area (Å²) >= 11 is 5.60. The lowest BCUT2D eigenvalue weighted by Gasteiger charge is -2.17. The summed E-state index contributed by atoms with van der Waals surface area (Å²) < 4.78 is 5.56. The van der Waals surface area contributed by atoms with Gasteiger partial charge in [-0.1, -0.05) is 51.3 Å². The molecule has 18 heavy (non-hydrogen) atoms. The van der Waals surface area contributed by atoms with E-state index in [0.29, 0.717) is 30.6 Å². The second kappa shape index (κ2) is 12.0. The third kappa shape index (κ3) is 11.0. The summed E-state index contributed by atoms with van der Waals surface area (Å²) in [5.41, 5.74) is 0. The van der Waals surface area contributed by atoms with Crippen molar-refractivity contribution in [2.45, 2.75) is 45.6 Å². The molecular weight excluding hydrogens is 250 g/mol. The minimum Gasteiger partial charge on any atom is -0.389 e. The van der Waals surface area contributed by atoms with Crippen molar-refractivity contribution < 1.29 is 9.84 Å². The molecule has 0 rings (SSSR count). The van der Waals surface area contributed by atoms with Gasteiger partial charge < -0.3 is 15.2 Å². The van der Waals surface area contributed by atoms with Crippen molar-refractivity contribution >= 4 is 11.6 Å². The average molecular weight is 278 g/mol. The summed E-state index contributed by atoms with van der Waals surface area (Å²) in [7, 11) is 0. The van der Waals surface area contributed by atoms with E-state index >= 15 is 0 Å². The summed E-state index contributed by atoms with van der Waals surface area (Å²) in [6, 6.07) is 0. The number of ether oxygens (including phenoxy) is 1. The number of aliphatic hydroxyl groups is 1. The van der Waals surface area contributed by atoms with Crippen molar-refractivity contribution in [3.63, 3.8) is 0 Å². The third-order valence-corrected chi connectivity index (χ3v) is 3.04. The van der Waals surface area contributed by atoms with Gasteiger partial charge in [0.25, 0.3) is 0 Å². The number of hydrogen-bond donors (Lipinski definition) is 2. The van der Waals surface area contributed by atoms with Crippen LogP contribution in [-0.4, -0.2) is 37.5 Å². The van der Waals surface area contributed by atoms with Gasteiger partial charge in [0.15, 0.2) is 0 Å². The Kier molecular flexibility index (Phi) is 11.9. The second-order valence-electron chi connectivity index (χ2n) is 4.76. The van der Waals surface area contributed by atoms with Crippen LogP contribution in [0.4, 0.5) is 0 Å². The van der Waals surface area contributed by atoms with E-state index in [0.717, 1.165) is 13.0 Å². The van der Waals surface area contributed by atoms with Gasteiger partial charge in [-0.15, -0.1) is 0 Å². The van der Waals surface area contributed by atoms with E-state index < -0.39 is 6.10 Å². The molecule has 0 fully saturated rings. The number of nitrogens with one attached hydrogen (secondary N) is 1. The Balaban J connectivity index is 3.52. The Morgan fingerprint density at radius 3 is 2.67 bits per heavy atom. The van der Waals surface area contributed by atoms with Gasteiger partial charge in [0, 0.05) is 24.7 Å². The highest BCUT2D eigenvalue weighted by Crippen LogP contribution is 2.12. The normalized spacial score (nSPS) is 14.4. The predicted molar refractivity (Wildman–Crippen MR) is 78.0 cm³/mol. The highest BCUT2D eigenvalue weighted by molar-refractivity contribution is 6.29. The predicted octanol–water partition coefficient (Wildman–Crippen LogP) is 2.92. The summed E-state index contributed by atoms with van der Waals surface area (Å²) in [5.74, 6) is 0.618. The molecule has 0 aliphatic heterocycles. The topological polar surface area (TPSA) is 41.5 Å². The minimum absolute atomic E-state index is 0.379. The maximum Gasteiger partial charge on any atom is 0.0897 e. The number of halogens is 1. The zero-order chi connectivity index (χ0) is 13.8. The van der Waals surface area contributed by atoms with Gasteiger partial charge >= 0.3 is 0 Å². The molecule has 2 N–H and O–H groups in total. The molecule has 3 nitrogen and oxygen atoms in total. The van der Waals surface area contributed by atoms with Crippen molar-refractivity contribution in [1.82, 2.24) is 5.32 Å². The van der Waals surface area contributed by atoms with E-state index in [1.165, 1.54) is 19.3 Å². The summed E-state index contributed by atoms with van der Waals surface area (Å²) in [4.78, 5) is 0. The fraction of sp³-hybridized carbons (Fsp3) is 0.857. The van der Waals surface area contributed by atoms with Gasteiger partial charge in [0.2, 0.25) is 0 Å². The maximum atomic E-state index is 9.66. The van der Waals surface area contributed by atoms with Crippen molar-refractivity contribution in [3.05, 3.63) is 11.6 Å². The van der Waals surface area contributed by atoms with Gasteiger partial charge in [0.05, 0.1) is 12.7 Å². The van der Waals surface area contributed by atoms with Gasteiger partial charge in [-0.05, 0) is 12.3 Å². The highest BCUT2D eigenvalue weighted by atomic mass is 35.5. The molecule has 0 saturated carbocycles. The van der Waals surface area contributed by atoms with E-state index in [1.807, 2.05) is 0 Å². The van der Waals surface area contributed by atoms with Crippen LogP contribution in [-0.2, 0) is 4.74 Å². The Labute approximate surface area is 117 Å². The van der Waals surface area contributed by atoms with E-state index in [-0.39, 0.29) is 0 Å². The Morgan fingerprint density at radius 1 is 1.39 bits per heavy atom. The zero-order valence-electron chi connectivity index (χ0n) is 11.8. The molecule has 0 spiro atoms. The third-order valence-electron chi connectivity index (χ3n) is 2.90. The molecule has 2 atom stereocenters. The molecule has 108 valence electrons. The molecule has 0 saturated heterocycles. The molecule has 4 heteroatoms. The van der Waals surface area contributed by atoms with Crippen molar-refractivity contribution in [3.8, 4) is 0 Å². The van der Waals surface area contributed by atoms with Crippen LogP contribution in [0.25, 0.3) is 0 Å². The van der Waals surface area contributed by atoms with Crippen LogP contribution in [0.5, 0.6) is 0 Å². The van der Waals surface area contributed by atoms with Crippen LogP contribution in [0.1, 0.15) is 39.5 Å². The van der Waals surface area contributed by atoms with E-state index in [2.05, 4.69) is 25.7 Å². The number of unbranched alkanes of at least 4 members (excludes halogenated alkanes) is 1. The lowest BCUT2D eigenvalue weighted by molar-refractivity contribution is 0.0197. The van der Waals surface area contributed by atoms with Gasteiger partial charge in [-0.2, -0.15) is 0 Å². The number of aliphatic hydroxyl groups excluding tert-OH is 1. The van der Waals surface area contributed by atoms with E-state index in [1.54, 1.807) is 0 Å². The Morgan fingerprint density at radius 2 is 2.11 bits per heavy atom. The molecule has 2 unspecified atom stereocenters. The molecule has 0 aliphatic rings. The lowest BCUT2D eigenvalue weighted by Crippen LogP contribution is -2.31. The Hall–Kier alpha value is -0.0900. The largest absolute Gasteiger partial charge is 0.389 e. The number of hydrogen-bond acceptors (Lipinski definition) is 3. The molecule has 0 heterocycles. The SMILES string of the molecule is C=C(Cl)CNCC(O)COCC(CC)CCCC. The summed E-state index contributed by atoms with van der Waals surface area (Å²) in [6.07, 6.45) is 4.35. The molecule has 0 bridgehead atoms. The molecule has 0 aliphatic carbocycles. The zero-order valence-corrected chi connectivity index (χ0v) is 12.5. The standard InChI is InChI=1S/C14H28ClNO2/c1-4-6-7-13(5-2)10-18-11-14(17)9-16-8-12(3)15/h13-14,16-17H,3-11H2,1-2H3. The molecule has 0 amide bonds. The van der Waals surface area contributed by atoms with Crippen LogP contribution in [0, 0.1) is 5.92 Å². The van der Waals surface area contributed by atoms with E-state index in [4.69, 9.17) is 16.3 Å². The first-order chi connectivity index (χ1) is 8.60.